The van der Waals surface area contributed by atoms with E-state index in [0.29, 0.717) is 24.4 Å². The van der Waals surface area contributed by atoms with Gasteiger partial charge in [0.1, 0.15) is 11.8 Å². The average molecular weight is 416 g/mol. The number of likely N-dealkylation sites (N-methyl/N-ethyl adjacent to an activating group) is 1. The first-order chi connectivity index (χ1) is 14.0. The number of benzene rings is 1. The van der Waals surface area contributed by atoms with Crippen LogP contribution in [0, 0.1) is 0 Å². The molecule has 1 aromatic carbocycles. The summed E-state index contributed by atoms with van der Waals surface area (Å²) in [4.78, 5) is 41.0. The lowest BCUT2D eigenvalue weighted by Gasteiger charge is -2.23. The fourth-order valence-corrected chi connectivity index (χ4v) is 3.91. The zero-order valence-electron chi connectivity index (χ0n) is 16.5. The lowest BCUT2D eigenvalue weighted by molar-refractivity contribution is -0.154. The largest absolute Gasteiger partial charge is 0.497 e. The molecule has 1 aliphatic heterocycles. The van der Waals surface area contributed by atoms with Crippen molar-refractivity contribution < 1.29 is 23.9 Å². The van der Waals surface area contributed by atoms with E-state index >= 15 is 0 Å². The average Bonchev–Trinajstić information content (AvgIpc) is 3.44. The Bertz CT molecular complexity index is 850. The van der Waals surface area contributed by atoms with Gasteiger partial charge in [0, 0.05) is 20.1 Å². The third-order valence-corrected chi connectivity index (χ3v) is 5.72. The number of esters is 1. The van der Waals surface area contributed by atoms with Crippen molar-refractivity contribution in [2.45, 2.75) is 25.4 Å². The topological polar surface area (TPSA) is 76.2 Å². The van der Waals surface area contributed by atoms with Crippen molar-refractivity contribution in [1.29, 1.82) is 0 Å². The highest BCUT2D eigenvalue weighted by Crippen LogP contribution is 2.23. The maximum Gasteiger partial charge on any atom is 0.329 e. The highest BCUT2D eigenvalue weighted by Gasteiger charge is 2.36. The molecule has 1 fully saturated rings. The van der Waals surface area contributed by atoms with Crippen molar-refractivity contribution in [3.8, 4) is 5.75 Å². The summed E-state index contributed by atoms with van der Waals surface area (Å²) in [5.41, 5.74) is 0.941. The smallest absolute Gasteiger partial charge is 0.329 e. The standard InChI is InChI=1S/C21H24N2O5S/c1-22(13-15-7-9-16(27-2)10-8-15)19(24)14-28-21(26)17-5-3-11-23(17)20(25)18-6-4-12-29-18/h4,6-10,12,17H,3,5,11,13-14H2,1-2H3. The number of ether oxygens (including phenoxy) is 2. The van der Waals surface area contributed by atoms with E-state index in [4.69, 9.17) is 9.47 Å². The minimum Gasteiger partial charge on any atom is -0.497 e. The SMILES string of the molecule is COc1ccc(CN(C)C(=O)COC(=O)C2CCCN2C(=O)c2cccs2)cc1. The molecule has 0 spiro atoms. The van der Waals surface area contributed by atoms with Crippen molar-refractivity contribution in [2.75, 3.05) is 27.3 Å². The molecule has 1 aromatic heterocycles. The van der Waals surface area contributed by atoms with Crippen LogP contribution in [0.25, 0.3) is 0 Å². The normalized spacial score (nSPS) is 15.8. The predicted octanol–water partition coefficient (Wildman–Crippen LogP) is 2.56. The predicted molar refractivity (Wildman–Crippen MR) is 109 cm³/mol. The van der Waals surface area contributed by atoms with Gasteiger partial charge >= 0.3 is 5.97 Å². The van der Waals surface area contributed by atoms with E-state index in [1.54, 1.807) is 31.2 Å². The van der Waals surface area contributed by atoms with Crippen LogP contribution in [0.2, 0.25) is 0 Å². The van der Waals surface area contributed by atoms with Crippen molar-refractivity contribution in [2.24, 2.45) is 0 Å². The number of nitrogens with zero attached hydrogens (tertiary/aromatic N) is 2. The van der Waals surface area contributed by atoms with E-state index in [1.807, 2.05) is 29.6 Å². The van der Waals surface area contributed by atoms with Crippen LogP contribution in [-0.4, -0.2) is 60.9 Å². The molecule has 0 bridgehead atoms. The molecular weight excluding hydrogens is 392 g/mol. The summed E-state index contributed by atoms with van der Waals surface area (Å²) in [5.74, 6) is -0.251. The van der Waals surface area contributed by atoms with Gasteiger partial charge in [-0.25, -0.2) is 4.79 Å². The van der Waals surface area contributed by atoms with Gasteiger partial charge in [-0.15, -0.1) is 11.3 Å². The molecule has 0 saturated carbocycles. The fraction of sp³-hybridized carbons (Fsp3) is 0.381. The molecule has 8 heteroatoms. The van der Waals surface area contributed by atoms with E-state index in [1.165, 1.54) is 16.2 Å². The lowest BCUT2D eigenvalue weighted by atomic mass is 10.2. The Hall–Kier alpha value is -2.87. The Morgan fingerprint density at radius 3 is 2.62 bits per heavy atom. The summed E-state index contributed by atoms with van der Waals surface area (Å²) < 4.78 is 10.4. The van der Waals surface area contributed by atoms with Gasteiger partial charge in [-0.3, -0.25) is 9.59 Å². The van der Waals surface area contributed by atoms with Crippen molar-refractivity contribution >= 4 is 29.1 Å². The third kappa shape index (κ3) is 5.14. The molecule has 0 aliphatic carbocycles. The van der Waals surface area contributed by atoms with Crippen LogP contribution in [0.15, 0.2) is 41.8 Å². The maximum absolute atomic E-state index is 12.6. The van der Waals surface area contributed by atoms with Crippen LogP contribution in [0.5, 0.6) is 5.75 Å². The Balaban J connectivity index is 1.50. The molecule has 3 rings (SSSR count). The lowest BCUT2D eigenvalue weighted by Crippen LogP contribution is -2.42. The van der Waals surface area contributed by atoms with Crippen LogP contribution in [-0.2, 0) is 20.9 Å². The summed E-state index contributed by atoms with van der Waals surface area (Å²) in [7, 11) is 3.25. The van der Waals surface area contributed by atoms with Crippen LogP contribution in [0.4, 0.5) is 0 Å². The van der Waals surface area contributed by atoms with Crippen molar-refractivity contribution in [3.63, 3.8) is 0 Å². The summed E-state index contributed by atoms with van der Waals surface area (Å²) >= 11 is 1.34. The quantitative estimate of drug-likeness (QED) is 0.649. The Labute approximate surface area is 173 Å². The van der Waals surface area contributed by atoms with E-state index in [2.05, 4.69) is 0 Å². The molecule has 2 amide bonds. The second-order valence-electron chi connectivity index (χ2n) is 6.84. The highest BCUT2D eigenvalue weighted by molar-refractivity contribution is 7.12. The molecule has 0 radical (unpaired) electrons. The second kappa shape index (κ2) is 9.56. The van der Waals surface area contributed by atoms with Gasteiger partial charge in [0.25, 0.3) is 11.8 Å². The number of carbonyl (C=O) groups excluding carboxylic acids is 3. The molecule has 154 valence electrons. The van der Waals surface area contributed by atoms with Gasteiger partial charge in [0.05, 0.1) is 12.0 Å². The van der Waals surface area contributed by atoms with Crippen molar-refractivity contribution in [3.05, 3.63) is 52.2 Å². The molecule has 1 saturated heterocycles. The van der Waals surface area contributed by atoms with Crippen LogP contribution >= 0.6 is 11.3 Å². The molecule has 2 heterocycles. The van der Waals surface area contributed by atoms with Gasteiger partial charge in [-0.1, -0.05) is 18.2 Å². The van der Waals surface area contributed by atoms with E-state index in [0.717, 1.165) is 17.7 Å². The Morgan fingerprint density at radius 1 is 1.21 bits per heavy atom. The Morgan fingerprint density at radius 2 is 1.97 bits per heavy atom. The molecular formula is C21H24N2O5S. The number of methoxy groups -OCH3 is 1. The fourth-order valence-electron chi connectivity index (χ4n) is 3.23. The molecule has 2 aromatic rings. The van der Waals surface area contributed by atoms with Crippen LogP contribution in [0.1, 0.15) is 28.1 Å². The number of hydrogen-bond acceptors (Lipinski definition) is 6. The summed E-state index contributed by atoms with van der Waals surface area (Å²) in [6.45, 7) is 0.567. The summed E-state index contributed by atoms with van der Waals surface area (Å²) in [5, 5.41) is 1.83. The Kier molecular flexibility index (Phi) is 6.87. The minimum atomic E-state index is -0.635. The number of likely N-dealkylation sites (tertiary alicyclic amines) is 1. The molecule has 1 unspecified atom stereocenters. The van der Waals surface area contributed by atoms with Gasteiger partial charge < -0.3 is 19.3 Å². The number of amides is 2. The van der Waals surface area contributed by atoms with Crippen LogP contribution in [0.3, 0.4) is 0 Å². The molecule has 0 N–H and O–H groups in total. The number of thiophene rings is 1. The van der Waals surface area contributed by atoms with Crippen molar-refractivity contribution in [1.82, 2.24) is 9.80 Å². The summed E-state index contributed by atoms with van der Waals surface area (Å²) in [6.07, 6.45) is 1.29. The van der Waals surface area contributed by atoms with Gasteiger partial charge in [0.2, 0.25) is 0 Å². The number of hydrogen-bond donors (Lipinski definition) is 0. The van der Waals surface area contributed by atoms with E-state index in [-0.39, 0.29) is 18.4 Å². The molecule has 1 atom stereocenters. The zero-order valence-corrected chi connectivity index (χ0v) is 17.3. The molecule has 1 aliphatic rings. The molecule has 7 nitrogen and oxygen atoms in total. The monoisotopic (exact) mass is 416 g/mol. The van der Waals surface area contributed by atoms with Gasteiger partial charge in [0.15, 0.2) is 6.61 Å². The number of carbonyl (C=O) groups is 3. The van der Waals surface area contributed by atoms with Gasteiger partial charge in [-0.2, -0.15) is 0 Å². The molecule has 29 heavy (non-hydrogen) atoms. The van der Waals surface area contributed by atoms with Gasteiger partial charge in [-0.05, 0) is 42.0 Å². The summed E-state index contributed by atoms with van der Waals surface area (Å²) in [6, 6.07) is 10.3. The van der Waals surface area contributed by atoms with E-state index in [9.17, 15) is 14.4 Å². The first-order valence-electron chi connectivity index (χ1n) is 9.37. The van der Waals surface area contributed by atoms with Crippen LogP contribution < -0.4 is 4.74 Å². The second-order valence-corrected chi connectivity index (χ2v) is 7.79. The first kappa shape index (κ1) is 20.9. The highest BCUT2D eigenvalue weighted by atomic mass is 32.1. The first-order valence-corrected chi connectivity index (χ1v) is 10.3. The maximum atomic E-state index is 12.6. The third-order valence-electron chi connectivity index (χ3n) is 4.86. The number of rotatable bonds is 7. The van der Waals surface area contributed by atoms with E-state index < -0.39 is 12.0 Å². The zero-order chi connectivity index (χ0) is 20.8. The minimum absolute atomic E-state index is 0.164.